The van der Waals surface area contributed by atoms with Gasteiger partial charge in [0.05, 0.1) is 17.8 Å². The zero-order valence-electron chi connectivity index (χ0n) is 10.8. The van der Waals surface area contributed by atoms with Crippen molar-refractivity contribution in [3.05, 3.63) is 41.2 Å². The fourth-order valence-corrected chi connectivity index (χ4v) is 1.84. The summed E-state index contributed by atoms with van der Waals surface area (Å²) in [4.78, 5) is 11.1. The number of benzene rings is 1. The van der Waals surface area contributed by atoms with E-state index in [4.69, 9.17) is 10.8 Å². The molecule has 0 saturated heterocycles. The minimum absolute atomic E-state index is 0.118. The third-order valence-electron chi connectivity index (χ3n) is 3.01. The fraction of sp³-hybridized carbons (Fsp3) is 0.231. The van der Waals surface area contributed by atoms with Crippen LogP contribution in [0.4, 0.5) is 11.4 Å². The molecule has 1 aromatic carbocycles. The molecule has 0 fully saturated rings. The predicted octanol–water partition coefficient (Wildman–Crippen LogP) is 1.62. The minimum atomic E-state index is -1.02. The Morgan fingerprint density at radius 1 is 1.53 bits per heavy atom. The average Bonchev–Trinajstić information content (AvgIpc) is 2.76. The first-order chi connectivity index (χ1) is 8.99. The fourth-order valence-electron chi connectivity index (χ4n) is 1.84. The number of anilines is 2. The highest BCUT2D eigenvalue weighted by molar-refractivity contribution is 5.95. The van der Waals surface area contributed by atoms with Crippen molar-refractivity contribution in [2.24, 2.45) is 7.05 Å². The second kappa shape index (κ2) is 5.01. The molecule has 1 heterocycles. The zero-order valence-corrected chi connectivity index (χ0v) is 10.8. The SMILES string of the molecule is Cc1cc(NCc2ccnn2C)cc(C(=O)O)c1N. The molecule has 0 unspecified atom stereocenters. The third kappa shape index (κ3) is 2.67. The number of aryl methyl sites for hydroxylation is 2. The maximum Gasteiger partial charge on any atom is 0.337 e. The molecule has 6 nitrogen and oxygen atoms in total. The molecule has 0 aliphatic heterocycles. The summed E-state index contributed by atoms with van der Waals surface area (Å²) in [5.41, 5.74) is 8.64. The molecule has 19 heavy (non-hydrogen) atoms. The van der Waals surface area contributed by atoms with Crippen LogP contribution in [-0.4, -0.2) is 20.9 Å². The lowest BCUT2D eigenvalue weighted by Gasteiger charge is -2.11. The molecular weight excluding hydrogens is 244 g/mol. The largest absolute Gasteiger partial charge is 0.478 e. The molecule has 6 heteroatoms. The van der Waals surface area contributed by atoms with Crippen molar-refractivity contribution in [1.29, 1.82) is 0 Å². The van der Waals surface area contributed by atoms with Gasteiger partial charge in [-0.15, -0.1) is 0 Å². The Bertz CT molecular complexity index is 619. The van der Waals surface area contributed by atoms with E-state index in [0.717, 1.165) is 16.9 Å². The van der Waals surface area contributed by atoms with Gasteiger partial charge in [-0.25, -0.2) is 4.79 Å². The Kier molecular flexibility index (Phi) is 3.41. The highest BCUT2D eigenvalue weighted by Crippen LogP contribution is 2.23. The number of hydrogen-bond donors (Lipinski definition) is 3. The molecule has 1 aromatic heterocycles. The van der Waals surface area contributed by atoms with E-state index in [1.165, 1.54) is 0 Å². The lowest BCUT2D eigenvalue weighted by atomic mass is 10.1. The van der Waals surface area contributed by atoms with Crippen molar-refractivity contribution in [3.8, 4) is 0 Å². The summed E-state index contributed by atoms with van der Waals surface area (Å²) in [6, 6.07) is 5.27. The van der Waals surface area contributed by atoms with Gasteiger partial charge >= 0.3 is 5.97 Å². The minimum Gasteiger partial charge on any atom is -0.478 e. The molecule has 4 N–H and O–H groups in total. The smallest absolute Gasteiger partial charge is 0.337 e. The number of nitrogens with one attached hydrogen (secondary N) is 1. The number of aromatic carboxylic acids is 1. The lowest BCUT2D eigenvalue weighted by molar-refractivity contribution is 0.0698. The van der Waals surface area contributed by atoms with Crippen LogP contribution in [0.5, 0.6) is 0 Å². The molecule has 0 saturated carbocycles. The first-order valence-corrected chi connectivity index (χ1v) is 5.83. The van der Waals surface area contributed by atoms with Crippen molar-refractivity contribution < 1.29 is 9.90 Å². The summed E-state index contributed by atoms with van der Waals surface area (Å²) in [5, 5.41) is 16.3. The molecule has 0 spiro atoms. The second-order valence-electron chi connectivity index (χ2n) is 4.36. The van der Waals surface area contributed by atoms with Crippen LogP contribution in [0.15, 0.2) is 24.4 Å². The Labute approximate surface area is 110 Å². The quantitative estimate of drug-likeness (QED) is 0.726. The lowest BCUT2D eigenvalue weighted by Crippen LogP contribution is -2.09. The number of carboxylic acid groups (broad SMARTS) is 1. The summed E-state index contributed by atoms with van der Waals surface area (Å²) in [7, 11) is 1.86. The van der Waals surface area contributed by atoms with Crippen molar-refractivity contribution in [3.63, 3.8) is 0 Å². The second-order valence-corrected chi connectivity index (χ2v) is 4.36. The van der Waals surface area contributed by atoms with E-state index < -0.39 is 5.97 Å². The topological polar surface area (TPSA) is 93.2 Å². The van der Waals surface area contributed by atoms with Crippen LogP contribution in [0.3, 0.4) is 0 Å². The van der Waals surface area contributed by atoms with Gasteiger partial charge in [0, 0.05) is 24.6 Å². The standard InChI is InChI=1S/C13H16N4O2/c1-8-5-9(6-11(12(8)14)13(18)19)15-7-10-3-4-16-17(10)2/h3-6,15H,7,14H2,1-2H3,(H,18,19). The van der Waals surface area contributed by atoms with E-state index in [-0.39, 0.29) is 5.56 Å². The Balaban J connectivity index is 2.22. The van der Waals surface area contributed by atoms with Gasteiger partial charge in [0.15, 0.2) is 0 Å². The molecule has 100 valence electrons. The van der Waals surface area contributed by atoms with Crippen molar-refractivity contribution >= 4 is 17.3 Å². The molecule has 2 aromatic rings. The molecule has 0 aliphatic carbocycles. The van der Waals surface area contributed by atoms with Crippen molar-refractivity contribution in [2.75, 3.05) is 11.1 Å². The molecule has 0 radical (unpaired) electrons. The van der Waals surface area contributed by atoms with Crippen molar-refractivity contribution in [1.82, 2.24) is 9.78 Å². The van der Waals surface area contributed by atoms with Crippen LogP contribution in [0.2, 0.25) is 0 Å². The summed E-state index contributed by atoms with van der Waals surface area (Å²) in [6.07, 6.45) is 1.72. The first kappa shape index (κ1) is 12.9. The summed E-state index contributed by atoms with van der Waals surface area (Å²) in [6.45, 7) is 2.36. The number of carbonyl (C=O) groups is 1. The first-order valence-electron chi connectivity index (χ1n) is 5.83. The number of carboxylic acids is 1. The summed E-state index contributed by atoms with van der Waals surface area (Å²) < 4.78 is 1.76. The number of nitrogens with zero attached hydrogens (tertiary/aromatic N) is 2. The Morgan fingerprint density at radius 2 is 2.26 bits per heavy atom. The van der Waals surface area contributed by atoms with Gasteiger partial charge in [-0.1, -0.05) is 0 Å². The Hall–Kier alpha value is -2.50. The van der Waals surface area contributed by atoms with E-state index in [9.17, 15) is 4.79 Å². The van der Waals surface area contributed by atoms with Crippen LogP contribution in [0.1, 0.15) is 21.6 Å². The highest BCUT2D eigenvalue weighted by atomic mass is 16.4. The highest BCUT2D eigenvalue weighted by Gasteiger charge is 2.11. The van der Waals surface area contributed by atoms with E-state index in [0.29, 0.717) is 12.2 Å². The van der Waals surface area contributed by atoms with Gasteiger partial charge < -0.3 is 16.2 Å². The number of aromatic nitrogens is 2. The number of rotatable bonds is 4. The monoisotopic (exact) mass is 260 g/mol. The molecule has 0 bridgehead atoms. The van der Waals surface area contributed by atoms with E-state index >= 15 is 0 Å². The van der Waals surface area contributed by atoms with Gasteiger partial charge in [0.1, 0.15) is 0 Å². The summed E-state index contributed by atoms with van der Waals surface area (Å²) in [5.74, 6) is -1.02. The number of hydrogen-bond acceptors (Lipinski definition) is 4. The maximum absolute atomic E-state index is 11.1. The number of nitrogen functional groups attached to an aromatic ring is 1. The van der Waals surface area contributed by atoms with Crippen LogP contribution in [0, 0.1) is 6.92 Å². The van der Waals surface area contributed by atoms with Crippen LogP contribution >= 0.6 is 0 Å². The van der Waals surface area contributed by atoms with E-state index in [1.54, 1.807) is 23.9 Å². The van der Waals surface area contributed by atoms with E-state index in [2.05, 4.69) is 10.4 Å². The molecular formula is C13H16N4O2. The Morgan fingerprint density at radius 3 is 2.84 bits per heavy atom. The molecule has 0 amide bonds. The van der Waals surface area contributed by atoms with Crippen LogP contribution in [-0.2, 0) is 13.6 Å². The molecule has 0 aliphatic rings. The zero-order chi connectivity index (χ0) is 14.0. The molecule has 2 rings (SSSR count). The average molecular weight is 260 g/mol. The van der Waals surface area contributed by atoms with Gasteiger partial charge in [-0.05, 0) is 30.7 Å². The van der Waals surface area contributed by atoms with E-state index in [1.807, 2.05) is 19.2 Å². The van der Waals surface area contributed by atoms with Crippen molar-refractivity contribution in [2.45, 2.75) is 13.5 Å². The summed E-state index contributed by atoms with van der Waals surface area (Å²) >= 11 is 0. The van der Waals surface area contributed by atoms with Crippen LogP contribution in [0.25, 0.3) is 0 Å². The third-order valence-corrected chi connectivity index (χ3v) is 3.01. The normalized spacial score (nSPS) is 10.4. The van der Waals surface area contributed by atoms with Gasteiger partial charge in [0.25, 0.3) is 0 Å². The predicted molar refractivity (Wildman–Crippen MR) is 73.1 cm³/mol. The number of nitrogens with two attached hydrogens (primary N) is 1. The van der Waals surface area contributed by atoms with Crippen LogP contribution < -0.4 is 11.1 Å². The van der Waals surface area contributed by atoms with Gasteiger partial charge in [-0.3, -0.25) is 4.68 Å². The van der Waals surface area contributed by atoms with Gasteiger partial charge in [0.2, 0.25) is 0 Å². The molecule has 0 atom stereocenters. The maximum atomic E-state index is 11.1. The van der Waals surface area contributed by atoms with Gasteiger partial charge in [-0.2, -0.15) is 5.10 Å².